The molecular weight excluding hydrogens is 322 g/mol. The van der Waals surface area contributed by atoms with Crippen molar-refractivity contribution in [3.8, 4) is 0 Å². The van der Waals surface area contributed by atoms with Gasteiger partial charge in [0, 0.05) is 6.54 Å². The quantitative estimate of drug-likeness (QED) is 0.583. The van der Waals surface area contributed by atoms with Crippen molar-refractivity contribution in [3.05, 3.63) is 108 Å². The van der Waals surface area contributed by atoms with Crippen LogP contribution in [0.25, 0.3) is 0 Å². The lowest BCUT2D eigenvalue weighted by atomic mass is 10.1. The summed E-state index contributed by atoms with van der Waals surface area (Å²) in [6, 6.07) is 29.7. The molecule has 1 amide bonds. The molecule has 0 saturated carbocycles. The van der Waals surface area contributed by atoms with Gasteiger partial charge in [0.05, 0.1) is 6.04 Å². The lowest BCUT2D eigenvalue weighted by Gasteiger charge is -2.29. The first-order chi connectivity index (χ1) is 12.7. The van der Waals surface area contributed by atoms with E-state index in [-0.39, 0.29) is 18.7 Å². The third-order valence-corrected chi connectivity index (χ3v) is 4.38. The molecule has 3 rings (SSSR count). The van der Waals surface area contributed by atoms with Crippen LogP contribution >= 0.6 is 0 Å². The van der Waals surface area contributed by atoms with Gasteiger partial charge in [0.2, 0.25) is 0 Å². The zero-order chi connectivity index (χ0) is 18.2. The second-order valence-corrected chi connectivity index (χ2v) is 6.24. The summed E-state index contributed by atoms with van der Waals surface area (Å²) < 4.78 is 5.59. The first kappa shape index (κ1) is 17.7. The highest BCUT2D eigenvalue weighted by Gasteiger charge is 2.23. The highest BCUT2D eigenvalue weighted by molar-refractivity contribution is 5.68. The maximum atomic E-state index is 12.8. The molecule has 1 atom stereocenters. The summed E-state index contributed by atoms with van der Waals surface area (Å²) in [5.74, 6) is 0. The fraction of sp³-hybridized carbons (Fsp3) is 0.174. The molecule has 0 spiro atoms. The molecule has 0 bridgehead atoms. The van der Waals surface area contributed by atoms with Gasteiger partial charge in [-0.3, -0.25) is 4.90 Å². The van der Waals surface area contributed by atoms with Crippen LogP contribution in [0.15, 0.2) is 91.0 Å². The van der Waals surface area contributed by atoms with Crippen LogP contribution in [0.4, 0.5) is 4.79 Å². The van der Waals surface area contributed by atoms with E-state index in [1.807, 2.05) is 97.9 Å². The maximum absolute atomic E-state index is 12.8. The van der Waals surface area contributed by atoms with Gasteiger partial charge in [-0.25, -0.2) is 4.79 Å². The zero-order valence-electron chi connectivity index (χ0n) is 14.9. The molecule has 0 radical (unpaired) electrons. The molecule has 0 fully saturated rings. The summed E-state index contributed by atoms with van der Waals surface area (Å²) >= 11 is 0. The smallest absolute Gasteiger partial charge is 0.410 e. The van der Waals surface area contributed by atoms with Crippen molar-refractivity contribution in [2.24, 2.45) is 0 Å². The number of amides is 1. The fourth-order valence-corrected chi connectivity index (χ4v) is 2.85. The number of nitrogens with zero attached hydrogens (tertiary/aromatic N) is 1. The molecule has 0 heterocycles. The minimum absolute atomic E-state index is 0.0836. The first-order valence-corrected chi connectivity index (χ1v) is 8.80. The third-order valence-electron chi connectivity index (χ3n) is 4.38. The molecule has 3 aromatic rings. The van der Waals surface area contributed by atoms with Crippen LogP contribution < -0.4 is 0 Å². The number of hydrogen-bond donors (Lipinski definition) is 0. The SMILES string of the molecule is CC(c1ccccc1)N(Cc1ccccc1)C(=O)OCc1ccccc1. The van der Waals surface area contributed by atoms with Crippen molar-refractivity contribution >= 4 is 6.09 Å². The summed E-state index contributed by atoms with van der Waals surface area (Å²) in [6.07, 6.45) is -0.311. The molecule has 3 nitrogen and oxygen atoms in total. The van der Waals surface area contributed by atoms with E-state index in [1.165, 1.54) is 0 Å². The average molecular weight is 345 g/mol. The van der Waals surface area contributed by atoms with E-state index in [0.29, 0.717) is 6.54 Å². The van der Waals surface area contributed by atoms with E-state index in [0.717, 1.165) is 16.7 Å². The number of ether oxygens (including phenoxy) is 1. The molecule has 3 aromatic carbocycles. The summed E-state index contributed by atoms with van der Waals surface area (Å²) in [7, 11) is 0. The Balaban J connectivity index is 1.76. The lowest BCUT2D eigenvalue weighted by molar-refractivity contribution is 0.0798. The van der Waals surface area contributed by atoms with Gasteiger partial charge in [0.25, 0.3) is 0 Å². The molecule has 132 valence electrons. The predicted octanol–water partition coefficient (Wildman–Crippen LogP) is 5.59. The van der Waals surface area contributed by atoms with Crippen molar-refractivity contribution in [2.45, 2.75) is 26.1 Å². The van der Waals surface area contributed by atoms with Crippen molar-refractivity contribution < 1.29 is 9.53 Å². The van der Waals surface area contributed by atoms with Crippen molar-refractivity contribution in [2.75, 3.05) is 0 Å². The van der Waals surface area contributed by atoms with Crippen LogP contribution in [-0.4, -0.2) is 11.0 Å². The lowest BCUT2D eigenvalue weighted by Crippen LogP contribution is -2.33. The Morgan fingerprint density at radius 3 is 1.88 bits per heavy atom. The molecule has 0 aromatic heterocycles. The number of carbonyl (C=O) groups excluding carboxylic acids is 1. The van der Waals surface area contributed by atoms with Crippen LogP contribution in [0.1, 0.15) is 29.7 Å². The number of carbonyl (C=O) groups is 1. The van der Waals surface area contributed by atoms with Gasteiger partial charge in [-0.2, -0.15) is 0 Å². The average Bonchev–Trinajstić information content (AvgIpc) is 2.72. The molecule has 26 heavy (non-hydrogen) atoms. The molecule has 0 N–H and O–H groups in total. The normalized spacial score (nSPS) is 11.6. The standard InChI is InChI=1S/C23H23NO2/c1-19(22-15-9-4-10-16-22)24(17-20-11-5-2-6-12-20)23(25)26-18-21-13-7-3-8-14-21/h2-16,19H,17-18H2,1H3. The van der Waals surface area contributed by atoms with E-state index >= 15 is 0 Å². The highest BCUT2D eigenvalue weighted by atomic mass is 16.6. The van der Waals surface area contributed by atoms with Gasteiger partial charge in [0.15, 0.2) is 0 Å². The van der Waals surface area contributed by atoms with Crippen LogP contribution in [0.3, 0.4) is 0 Å². The molecule has 0 saturated heterocycles. The summed E-state index contributed by atoms with van der Waals surface area (Å²) in [5, 5.41) is 0. The van der Waals surface area contributed by atoms with E-state index in [1.54, 1.807) is 4.90 Å². The number of benzene rings is 3. The molecule has 1 unspecified atom stereocenters. The topological polar surface area (TPSA) is 29.5 Å². The van der Waals surface area contributed by atoms with Crippen LogP contribution in [0.5, 0.6) is 0 Å². The van der Waals surface area contributed by atoms with Gasteiger partial charge >= 0.3 is 6.09 Å². The summed E-state index contributed by atoms with van der Waals surface area (Å²) in [6.45, 7) is 2.80. The van der Waals surface area contributed by atoms with Crippen LogP contribution in [-0.2, 0) is 17.9 Å². The van der Waals surface area contributed by atoms with Gasteiger partial charge in [-0.15, -0.1) is 0 Å². The predicted molar refractivity (Wildman–Crippen MR) is 103 cm³/mol. The van der Waals surface area contributed by atoms with E-state index in [9.17, 15) is 4.79 Å². The monoisotopic (exact) mass is 345 g/mol. The summed E-state index contributed by atoms with van der Waals surface area (Å²) in [4.78, 5) is 14.6. The Hall–Kier alpha value is -3.07. The number of rotatable bonds is 6. The molecule has 0 aliphatic carbocycles. The van der Waals surface area contributed by atoms with Crippen molar-refractivity contribution in [1.82, 2.24) is 4.90 Å². The van der Waals surface area contributed by atoms with E-state index < -0.39 is 0 Å². The first-order valence-electron chi connectivity index (χ1n) is 8.80. The van der Waals surface area contributed by atoms with Gasteiger partial charge < -0.3 is 4.74 Å². The minimum atomic E-state index is -0.311. The van der Waals surface area contributed by atoms with Crippen LogP contribution in [0, 0.1) is 0 Å². The second kappa shape index (κ2) is 8.86. The maximum Gasteiger partial charge on any atom is 0.410 e. The number of hydrogen-bond acceptors (Lipinski definition) is 2. The largest absolute Gasteiger partial charge is 0.445 e. The Bertz CT molecular complexity index is 803. The highest BCUT2D eigenvalue weighted by Crippen LogP contribution is 2.23. The fourth-order valence-electron chi connectivity index (χ4n) is 2.85. The second-order valence-electron chi connectivity index (χ2n) is 6.24. The Morgan fingerprint density at radius 1 is 0.808 bits per heavy atom. The molecule has 0 aliphatic heterocycles. The summed E-state index contributed by atoms with van der Waals surface area (Å²) in [5.41, 5.74) is 3.14. The van der Waals surface area contributed by atoms with Gasteiger partial charge in [-0.1, -0.05) is 91.0 Å². The van der Waals surface area contributed by atoms with Crippen molar-refractivity contribution in [3.63, 3.8) is 0 Å². The third kappa shape index (κ3) is 4.73. The zero-order valence-corrected chi connectivity index (χ0v) is 14.9. The van der Waals surface area contributed by atoms with Crippen molar-refractivity contribution in [1.29, 1.82) is 0 Å². The van der Waals surface area contributed by atoms with E-state index in [2.05, 4.69) is 0 Å². The van der Waals surface area contributed by atoms with E-state index in [4.69, 9.17) is 4.74 Å². The van der Waals surface area contributed by atoms with Gasteiger partial charge in [-0.05, 0) is 23.6 Å². The molecule has 3 heteroatoms. The molecular formula is C23H23NO2. The molecule has 0 aliphatic rings. The Kier molecular flexibility index (Phi) is 6.05. The Labute approximate surface area is 154 Å². The Morgan fingerprint density at radius 2 is 1.31 bits per heavy atom. The van der Waals surface area contributed by atoms with Gasteiger partial charge in [0.1, 0.15) is 6.61 Å². The minimum Gasteiger partial charge on any atom is -0.445 e. The van der Waals surface area contributed by atoms with Crippen LogP contribution in [0.2, 0.25) is 0 Å².